The predicted octanol–water partition coefficient (Wildman–Crippen LogP) is 5.75. The minimum Gasteiger partial charge on any atom is -0.492 e. The van der Waals surface area contributed by atoms with Gasteiger partial charge < -0.3 is 19.2 Å². The number of carbonyl (C=O) groups is 1. The number of para-hydroxylation sites is 2. The van der Waals surface area contributed by atoms with Crippen LogP contribution in [0.5, 0.6) is 5.75 Å². The summed E-state index contributed by atoms with van der Waals surface area (Å²) in [6.45, 7) is 4.24. The van der Waals surface area contributed by atoms with Crippen LogP contribution in [0, 0.1) is 0 Å². The number of ether oxygens (including phenoxy) is 1. The van der Waals surface area contributed by atoms with E-state index in [0.29, 0.717) is 18.4 Å². The minimum atomic E-state index is -0.981. The summed E-state index contributed by atoms with van der Waals surface area (Å²) >= 11 is 0. The van der Waals surface area contributed by atoms with E-state index in [1.54, 1.807) is 6.07 Å². The molecule has 0 amide bonds. The third kappa shape index (κ3) is 4.63. The highest BCUT2D eigenvalue weighted by Crippen LogP contribution is 2.30. The summed E-state index contributed by atoms with van der Waals surface area (Å²) < 4.78 is 11.9. The maximum atomic E-state index is 11.6. The fraction of sp³-hybridized carbons (Fsp3) is 0.280. The average Bonchev–Trinajstić information content (AvgIpc) is 3.22. The van der Waals surface area contributed by atoms with Crippen LogP contribution < -0.4 is 9.64 Å². The molecule has 0 radical (unpaired) electrons. The predicted molar refractivity (Wildman–Crippen MR) is 122 cm³/mol. The summed E-state index contributed by atoms with van der Waals surface area (Å²) in [6.07, 6.45) is 2.67. The molecule has 3 aromatic carbocycles. The minimum absolute atomic E-state index is 0.192. The zero-order valence-corrected chi connectivity index (χ0v) is 17.6. The quantitative estimate of drug-likeness (QED) is 0.330. The number of oxazole rings is 1. The lowest BCUT2D eigenvalue weighted by Crippen LogP contribution is -2.25. The first-order valence-corrected chi connectivity index (χ1v) is 10.7. The number of hydrogen-bond acceptors (Lipinski definition) is 5. The van der Waals surface area contributed by atoms with Crippen molar-refractivity contribution in [2.24, 2.45) is 0 Å². The molecule has 6 nitrogen and oxygen atoms in total. The number of rotatable bonds is 10. The molecule has 0 unspecified atom stereocenters. The third-order valence-corrected chi connectivity index (χ3v) is 5.23. The average molecular weight is 418 g/mol. The third-order valence-electron chi connectivity index (χ3n) is 5.23. The molecule has 4 rings (SSSR count). The van der Waals surface area contributed by atoms with E-state index in [1.807, 2.05) is 54.6 Å². The first-order valence-electron chi connectivity index (χ1n) is 10.7. The van der Waals surface area contributed by atoms with E-state index in [1.165, 1.54) is 0 Å². The van der Waals surface area contributed by atoms with E-state index in [-0.39, 0.29) is 5.56 Å². The van der Waals surface area contributed by atoms with Gasteiger partial charge in [-0.05, 0) is 42.8 Å². The molecule has 4 aromatic rings. The summed E-state index contributed by atoms with van der Waals surface area (Å²) in [5, 5.41) is 11.3. The first kappa shape index (κ1) is 20.7. The smallest absolute Gasteiger partial charge is 0.339 e. The molecule has 1 aromatic heterocycles. The maximum absolute atomic E-state index is 11.6. The Morgan fingerprint density at radius 1 is 1.03 bits per heavy atom. The van der Waals surface area contributed by atoms with E-state index >= 15 is 0 Å². The van der Waals surface area contributed by atoms with Crippen LogP contribution in [0.15, 0.2) is 65.1 Å². The highest BCUT2D eigenvalue weighted by atomic mass is 16.5. The molecule has 0 fully saturated rings. The van der Waals surface area contributed by atoms with Gasteiger partial charge in [0, 0.05) is 18.5 Å². The molecule has 0 aliphatic rings. The number of anilines is 1. The second-order valence-electron chi connectivity index (χ2n) is 7.48. The Morgan fingerprint density at radius 3 is 2.65 bits per heavy atom. The molecule has 0 saturated heterocycles. The molecular formula is C25H26N2O4. The van der Waals surface area contributed by atoms with Crippen LogP contribution in [0.3, 0.4) is 0 Å². The monoisotopic (exact) mass is 418 g/mol. The van der Waals surface area contributed by atoms with Crippen molar-refractivity contribution in [2.75, 3.05) is 24.6 Å². The molecule has 0 aliphatic carbocycles. The Hall–Kier alpha value is -3.54. The molecule has 6 heteroatoms. The molecule has 0 atom stereocenters. The van der Waals surface area contributed by atoms with Gasteiger partial charge in [-0.1, -0.05) is 49.4 Å². The summed E-state index contributed by atoms with van der Waals surface area (Å²) in [5.74, 6) is -0.541. The Labute approximate surface area is 181 Å². The van der Waals surface area contributed by atoms with Crippen molar-refractivity contribution in [3.05, 3.63) is 66.2 Å². The lowest BCUT2D eigenvalue weighted by Gasteiger charge is -2.19. The number of aromatic nitrogens is 1. The van der Waals surface area contributed by atoms with Crippen molar-refractivity contribution in [3.8, 4) is 5.75 Å². The summed E-state index contributed by atoms with van der Waals surface area (Å²) in [6, 6.07) is 19.5. The van der Waals surface area contributed by atoms with Gasteiger partial charge in [-0.3, -0.25) is 0 Å². The number of aromatic carboxylic acids is 1. The highest BCUT2D eigenvalue weighted by Gasteiger charge is 2.16. The lowest BCUT2D eigenvalue weighted by atomic mass is 10.1. The van der Waals surface area contributed by atoms with Gasteiger partial charge in [0.1, 0.15) is 16.8 Å². The molecule has 31 heavy (non-hydrogen) atoms. The molecule has 0 saturated carbocycles. The Bertz CT molecular complexity index is 1150. The Balaban J connectivity index is 1.39. The number of fused-ring (bicyclic) bond motifs is 2. The van der Waals surface area contributed by atoms with Gasteiger partial charge in [0.2, 0.25) is 0 Å². The fourth-order valence-electron chi connectivity index (χ4n) is 3.71. The zero-order chi connectivity index (χ0) is 21.6. The summed E-state index contributed by atoms with van der Waals surface area (Å²) in [7, 11) is 0. The standard InChI is InChI=1S/C25H26N2O4/c1-2-15-27(25-26-21-11-5-6-12-22(21)31-25)16-7-8-17-30-23-19-10-4-3-9-18(19)13-14-20(23)24(28)29/h3-6,9-14H,2,7-8,15-17H2,1H3,(H,28,29). The highest BCUT2D eigenvalue weighted by molar-refractivity contribution is 6.00. The summed E-state index contributed by atoms with van der Waals surface area (Å²) in [4.78, 5) is 18.4. The number of nitrogens with zero attached hydrogens (tertiary/aromatic N) is 2. The van der Waals surface area contributed by atoms with E-state index in [2.05, 4.69) is 16.8 Å². The van der Waals surface area contributed by atoms with Crippen LogP contribution in [0.2, 0.25) is 0 Å². The van der Waals surface area contributed by atoms with E-state index in [9.17, 15) is 9.90 Å². The number of hydrogen-bond donors (Lipinski definition) is 1. The van der Waals surface area contributed by atoms with Crippen molar-refractivity contribution in [1.29, 1.82) is 0 Å². The van der Waals surface area contributed by atoms with Crippen LogP contribution in [-0.2, 0) is 0 Å². The topological polar surface area (TPSA) is 75.8 Å². The SMILES string of the molecule is CCCN(CCCCOc1c(C(=O)O)ccc2ccccc12)c1nc2ccccc2o1. The number of benzene rings is 3. The normalized spacial score (nSPS) is 11.1. The van der Waals surface area contributed by atoms with Crippen molar-refractivity contribution in [2.45, 2.75) is 26.2 Å². The van der Waals surface area contributed by atoms with Gasteiger partial charge in [0.25, 0.3) is 6.01 Å². The second-order valence-corrected chi connectivity index (χ2v) is 7.48. The Kier molecular flexibility index (Phi) is 6.36. The van der Waals surface area contributed by atoms with Gasteiger partial charge in [-0.2, -0.15) is 4.98 Å². The van der Waals surface area contributed by atoms with Gasteiger partial charge >= 0.3 is 5.97 Å². The zero-order valence-electron chi connectivity index (χ0n) is 17.6. The first-order chi connectivity index (χ1) is 15.2. The van der Waals surface area contributed by atoms with Crippen LogP contribution in [0.4, 0.5) is 6.01 Å². The van der Waals surface area contributed by atoms with Gasteiger partial charge in [-0.15, -0.1) is 0 Å². The van der Waals surface area contributed by atoms with Gasteiger partial charge in [0.05, 0.1) is 6.61 Å². The second kappa shape index (κ2) is 9.51. The van der Waals surface area contributed by atoms with Crippen molar-refractivity contribution in [3.63, 3.8) is 0 Å². The molecule has 0 spiro atoms. The largest absolute Gasteiger partial charge is 0.492 e. The summed E-state index contributed by atoms with van der Waals surface area (Å²) in [5.41, 5.74) is 1.84. The number of carboxylic acids is 1. The van der Waals surface area contributed by atoms with Crippen LogP contribution in [-0.4, -0.2) is 35.8 Å². The molecule has 1 N–H and O–H groups in total. The van der Waals surface area contributed by atoms with Crippen molar-refractivity contribution >= 4 is 33.9 Å². The van der Waals surface area contributed by atoms with Crippen LogP contribution in [0.1, 0.15) is 36.5 Å². The van der Waals surface area contributed by atoms with E-state index < -0.39 is 5.97 Å². The molecule has 0 aliphatic heterocycles. The molecule has 1 heterocycles. The molecular weight excluding hydrogens is 392 g/mol. The number of unbranched alkanes of at least 4 members (excludes halogenated alkanes) is 1. The fourth-order valence-corrected chi connectivity index (χ4v) is 3.71. The van der Waals surface area contributed by atoms with E-state index in [0.717, 1.165) is 54.2 Å². The molecule has 0 bridgehead atoms. The Morgan fingerprint density at radius 2 is 1.84 bits per heavy atom. The van der Waals surface area contributed by atoms with Crippen LogP contribution >= 0.6 is 0 Å². The van der Waals surface area contributed by atoms with Crippen molar-refractivity contribution < 1.29 is 19.1 Å². The molecule has 160 valence electrons. The van der Waals surface area contributed by atoms with Gasteiger partial charge in [-0.25, -0.2) is 4.79 Å². The van der Waals surface area contributed by atoms with Gasteiger partial charge in [0.15, 0.2) is 5.58 Å². The lowest BCUT2D eigenvalue weighted by molar-refractivity contribution is 0.0692. The van der Waals surface area contributed by atoms with Crippen LogP contribution in [0.25, 0.3) is 21.9 Å². The van der Waals surface area contributed by atoms with E-state index in [4.69, 9.17) is 9.15 Å². The van der Waals surface area contributed by atoms with Crippen molar-refractivity contribution in [1.82, 2.24) is 4.98 Å². The maximum Gasteiger partial charge on any atom is 0.339 e. The number of carboxylic acid groups (broad SMARTS) is 1.